The van der Waals surface area contributed by atoms with E-state index in [0.29, 0.717) is 10.5 Å². The molecule has 20 heavy (non-hydrogen) atoms. The number of nitrogens with one attached hydrogen (secondary N) is 1. The highest BCUT2D eigenvalue weighted by atomic mass is 79.9. The lowest BCUT2D eigenvalue weighted by atomic mass is 10.1. The first-order valence-corrected chi connectivity index (χ1v) is 8.29. The second-order valence-electron chi connectivity index (χ2n) is 5.11. The number of rotatable bonds is 1. The van der Waals surface area contributed by atoms with E-state index in [9.17, 15) is 4.79 Å². The predicted octanol–water partition coefficient (Wildman–Crippen LogP) is 3.13. The van der Waals surface area contributed by atoms with Crippen molar-refractivity contribution in [2.75, 3.05) is 6.54 Å². The molecule has 3 aliphatic rings. The van der Waals surface area contributed by atoms with E-state index in [1.165, 1.54) is 11.3 Å². The van der Waals surface area contributed by atoms with Gasteiger partial charge in [-0.2, -0.15) is 0 Å². The van der Waals surface area contributed by atoms with Crippen molar-refractivity contribution in [2.45, 2.75) is 18.0 Å². The maximum atomic E-state index is 12.1. The van der Waals surface area contributed by atoms with Gasteiger partial charge in [0.15, 0.2) is 0 Å². The van der Waals surface area contributed by atoms with Crippen LogP contribution >= 0.6 is 27.7 Å². The fourth-order valence-electron chi connectivity index (χ4n) is 2.94. The van der Waals surface area contributed by atoms with Crippen molar-refractivity contribution in [3.8, 4) is 0 Å². The molecule has 3 nitrogen and oxygen atoms in total. The quantitative estimate of drug-likeness (QED) is 0.844. The molecule has 1 aliphatic carbocycles. The van der Waals surface area contributed by atoms with E-state index in [1.807, 2.05) is 12.1 Å². The molecular formula is C15H13BrN2OS. The SMILES string of the molecule is O=C1C(Br)=CCC2=C1SC1NC(c3ccccc3)CN21. The zero-order chi connectivity index (χ0) is 13.7. The predicted molar refractivity (Wildman–Crippen MR) is 84.1 cm³/mol. The van der Waals surface area contributed by atoms with Crippen LogP contribution in [0.5, 0.6) is 0 Å². The molecule has 1 aromatic carbocycles. The molecule has 1 aromatic rings. The first kappa shape index (κ1) is 12.7. The van der Waals surface area contributed by atoms with Gasteiger partial charge in [-0.3, -0.25) is 10.1 Å². The molecule has 0 bridgehead atoms. The third-order valence-corrected chi connectivity index (χ3v) is 5.90. The van der Waals surface area contributed by atoms with Crippen LogP contribution < -0.4 is 5.32 Å². The summed E-state index contributed by atoms with van der Waals surface area (Å²) >= 11 is 4.99. The van der Waals surface area contributed by atoms with E-state index in [0.717, 1.165) is 17.9 Å². The van der Waals surface area contributed by atoms with Gasteiger partial charge in [0, 0.05) is 18.7 Å². The molecule has 1 saturated heterocycles. The van der Waals surface area contributed by atoms with Crippen molar-refractivity contribution in [1.29, 1.82) is 0 Å². The lowest BCUT2D eigenvalue weighted by Gasteiger charge is -2.20. The maximum Gasteiger partial charge on any atom is 0.207 e. The smallest absolute Gasteiger partial charge is 0.207 e. The Labute approximate surface area is 130 Å². The number of nitrogens with zero attached hydrogens (tertiary/aromatic N) is 1. The van der Waals surface area contributed by atoms with Crippen LogP contribution in [0.4, 0.5) is 0 Å². The Kier molecular flexibility index (Phi) is 3.02. The molecule has 2 atom stereocenters. The zero-order valence-electron chi connectivity index (χ0n) is 10.7. The number of fused-ring (bicyclic) bond motifs is 2. The van der Waals surface area contributed by atoms with Crippen molar-refractivity contribution in [3.05, 3.63) is 57.1 Å². The molecule has 2 unspecified atom stereocenters. The van der Waals surface area contributed by atoms with Crippen molar-refractivity contribution in [2.24, 2.45) is 0 Å². The molecule has 0 amide bonds. The van der Waals surface area contributed by atoms with E-state index in [2.05, 4.69) is 50.4 Å². The number of carbonyl (C=O) groups is 1. The minimum atomic E-state index is 0.128. The fraction of sp³-hybridized carbons (Fsp3) is 0.267. The molecule has 5 heteroatoms. The number of thioether (sulfide) groups is 1. The Balaban J connectivity index is 1.59. The monoisotopic (exact) mass is 348 g/mol. The van der Waals surface area contributed by atoms with Crippen LogP contribution in [0.2, 0.25) is 0 Å². The topological polar surface area (TPSA) is 32.3 Å². The van der Waals surface area contributed by atoms with E-state index in [4.69, 9.17) is 0 Å². The first-order chi connectivity index (χ1) is 9.74. The molecule has 2 aliphatic heterocycles. The van der Waals surface area contributed by atoms with Gasteiger partial charge in [0.1, 0.15) is 5.50 Å². The second-order valence-corrected chi connectivity index (χ2v) is 7.06. The average molecular weight is 349 g/mol. The van der Waals surface area contributed by atoms with Crippen LogP contribution in [0.15, 0.2) is 51.5 Å². The summed E-state index contributed by atoms with van der Waals surface area (Å²) < 4.78 is 0.699. The van der Waals surface area contributed by atoms with Crippen LogP contribution in [0.1, 0.15) is 18.0 Å². The Hall–Kier alpha value is -1.04. The Bertz CT molecular complexity index is 641. The molecule has 4 rings (SSSR count). The third-order valence-electron chi connectivity index (χ3n) is 3.94. The van der Waals surface area contributed by atoms with Crippen LogP contribution in [0.25, 0.3) is 0 Å². The number of hydrogen-bond donors (Lipinski definition) is 1. The lowest BCUT2D eigenvalue weighted by Crippen LogP contribution is -2.27. The Morgan fingerprint density at radius 3 is 2.90 bits per heavy atom. The molecule has 0 radical (unpaired) electrons. The van der Waals surface area contributed by atoms with Gasteiger partial charge in [-0.1, -0.05) is 48.2 Å². The van der Waals surface area contributed by atoms with Crippen molar-refractivity contribution in [1.82, 2.24) is 10.2 Å². The lowest BCUT2D eigenvalue weighted by molar-refractivity contribution is -0.111. The summed E-state index contributed by atoms with van der Waals surface area (Å²) in [5, 5.41) is 3.62. The number of halogens is 1. The standard InChI is InChI=1S/C15H13BrN2OS/c16-10-6-7-12-14(13(10)19)20-15-17-11(8-18(12)15)9-4-2-1-3-5-9/h1-6,11,15,17H,7-8H2. The van der Waals surface area contributed by atoms with E-state index < -0.39 is 0 Å². The molecule has 2 heterocycles. The Morgan fingerprint density at radius 1 is 1.30 bits per heavy atom. The minimum Gasteiger partial charge on any atom is -0.347 e. The summed E-state index contributed by atoms with van der Waals surface area (Å²) in [6, 6.07) is 10.8. The molecule has 0 saturated carbocycles. The molecular weight excluding hydrogens is 336 g/mol. The van der Waals surface area contributed by atoms with Crippen molar-refractivity contribution >= 4 is 33.5 Å². The summed E-state index contributed by atoms with van der Waals surface area (Å²) in [6.07, 6.45) is 2.81. The molecule has 0 spiro atoms. The van der Waals surface area contributed by atoms with Gasteiger partial charge >= 0.3 is 0 Å². The van der Waals surface area contributed by atoms with Gasteiger partial charge in [0.25, 0.3) is 0 Å². The molecule has 102 valence electrons. The largest absolute Gasteiger partial charge is 0.347 e. The van der Waals surface area contributed by atoms with Gasteiger partial charge in [-0.05, 0) is 21.5 Å². The van der Waals surface area contributed by atoms with Gasteiger partial charge in [0.05, 0.1) is 15.4 Å². The summed E-state index contributed by atoms with van der Waals surface area (Å²) in [4.78, 5) is 15.4. The number of allylic oxidation sites excluding steroid dienone is 3. The number of benzene rings is 1. The summed E-state index contributed by atoms with van der Waals surface area (Å²) in [7, 11) is 0. The first-order valence-electron chi connectivity index (χ1n) is 6.62. The van der Waals surface area contributed by atoms with E-state index in [1.54, 1.807) is 11.8 Å². The molecule has 1 N–H and O–H groups in total. The van der Waals surface area contributed by atoms with Crippen LogP contribution in [0, 0.1) is 0 Å². The molecule has 1 fully saturated rings. The maximum absolute atomic E-state index is 12.1. The van der Waals surface area contributed by atoms with Gasteiger partial charge in [0.2, 0.25) is 5.78 Å². The molecule has 0 aromatic heterocycles. The van der Waals surface area contributed by atoms with Crippen LogP contribution in [-0.4, -0.2) is 22.7 Å². The summed E-state index contributed by atoms with van der Waals surface area (Å²) in [5.74, 6) is 0.128. The number of hydrogen-bond acceptors (Lipinski definition) is 4. The summed E-state index contributed by atoms with van der Waals surface area (Å²) in [6.45, 7) is 0.930. The fourth-order valence-corrected chi connectivity index (χ4v) is 4.78. The normalized spacial score (nSPS) is 28.6. The van der Waals surface area contributed by atoms with Crippen molar-refractivity contribution in [3.63, 3.8) is 0 Å². The average Bonchev–Trinajstić information content (AvgIpc) is 3.02. The van der Waals surface area contributed by atoms with Crippen LogP contribution in [0.3, 0.4) is 0 Å². The van der Waals surface area contributed by atoms with Gasteiger partial charge in [-0.15, -0.1) is 0 Å². The van der Waals surface area contributed by atoms with E-state index >= 15 is 0 Å². The Morgan fingerprint density at radius 2 is 2.10 bits per heavy atom. The zero-order valence-corrected chi connectivity index (χ0v) is 13.1. The third kappa shape index (κ3) is 1.88. The number of ketones is 1. The summed E-state index contributed by atoms with van der Waals surface area (Å²) in [5.41, 5.74) is 2.68. The highest BCUT2D eigenvalue weighted by Gasteiger charge is 2.43. The minimum absolute atomic E-state index is 0.128. The highest BCUT2D eigenvalue weighted by molar-refractivity contribution is 9.12. The van der Waals surface area contributed by atoms with Crippen LogP contribution in [-0.2, 0) is 4.79 Å². The van der Waals surface area contributed by atoms with Crippen molar-refractivity contribution < 1.29 is 4.79 Å². The van der Waals surface area contributed by atoms with E-state index in [-0.39, 0.29) is 11.3 Å². The van der Waals surface area contributed by atoms with Gasteiger partial charge in [-0.25, -0.2) is 0 Å². The number of Topliss-reactive ketones (excluding diaryl/α,β-unsaturated/α-hetero) is 1. The highest BCUT2D eigenvalue weighted by Crippen LogP contribution is 2.47. The van der Waals surface area contributed by atoms with Gasteiger partial charge < -0.3 is 4.90 Å². The number of carbonyl (C=O) groups excluding carboxylic acids is 1. The second kappa shape index (κ2) is 4.76.